The molecule has 0 aliphatic rings. The van der Waals surface area contributed by atoms with Crippen molar-refractivity contribution in [2.24, 2.45) is 7.05 Å². The van der Waals surface area contributed by atoms with Crippen LogP contribution in [-0.4, -0.2) is 25.2 Å². The highest BCUT2D eigenvalue weighted by atomic mass is 35.5. The molecule has 0 unspecified atom stereocenters. The number of aryl methyl sites for hydroxylation is 1. The lowest BCUT2D eigenvalue weighted by Crippen LogP contribution is -2.25. The number of aliphatic carboxylic acids is 1. The van der Waals surface area contributed by atoms with Crippen molar-refractivity contribution in [3.8, 4) is 11.1 Å². The van der Waals surface area contributed by atoms with E-state index in [1.807, 2.05) is 0 Å². The zero-order chi connectivity index (χ0) is 16.7. The molecule has 0 bridgehead atoms. The Balaban J connectivity index is 2.22. The van der Waals surface area contributed by atoms with Gasteiger partial charge in [-0.05, 0) is 29.8 Å². The number of imidazole rings is 1. The summed E-state index contributed by atoms with van der Waals surface area (Å²) < 4.78 is 2.48. The van der Waals surface area contributed by atoms with E-state index < -0.39 is 18.2 Å². The first kappa shape index (κ1) is 15.6. The molecule has 2 aromatic heterocycles. The fourth-order valence-corrected chi connectivity index (χ4v) is 2.96. The number of aromatic nitrogens is 3. The van der Waals surface area contributed by atoms with E-state index in [1.165, 1.54) is 4.57 Å². The first-order valence-electron chi connectivity index (χ1n) is 6.60. The first-order chi connectivity index (χ1) is 10.9. The fourth-order valence-electron chi connectivity index (χ4n) is 2.43. The molecule has 0 saturated heterocycles. The second-order valence-corrected chi connectivity index (χ2v) is 5.92. The van der Waals surface area contributed by atoms with Gasteiger partial charge in [-0.1, -0.05) is 23.2 Å². The Morgan fingerprint density at radius 3 is 2.43 bits per heavy atom. The van der Waals surface area contributed by atoms with Gasteiger partial charge in [0.05, 0.1) is 5.52 Å². The Morgan fingerprint density at radius 2 is 1.83 bits per heavy atom. The predicted octanol–water partition coefficient (Wildman–Crippen LogP) is 2.79. The molecule has 118 valence electrons. The van der Waals surface area contributed by atoms with Gasteiger partial charge in [-0.15, -0.1) is 0 Å². The Labute approximate surface area is 140 Å². The number of hydrogen-bond donors (Lipinski definition) is 1. The standard InChI is InChI=1S/C15H11Cl2N3O3/c1-19-12-4-9(8-2-10(16)5-11(17)3-8)6-18-14(12)20(15(19)23)7-13(21)22/h2-6H,7H2,1H3,(H,21,22). The van der Waals surface area contributed by atoms with Crippen molar-refractivity contribution >= 4 is 40.3 Å². The molecule has 0 aliphatic heterocycles. The number of rotatable bonds is 3. The van der Waals surface area contributed by atoms with Crippen LogP contribution >= 0.6 is 23.2 Å². The van der Waals surface area contributed by atoms with Crippen LogP contribution in [0.3, 0.4) is 0 Å². The number of pyridine rings is 1. The summed E-state index contributed by atoms with van der Waals surface area (Å²) in [6, 6.07) is 6.85. The highest BCUT2D eigenvalue weighted by Gasteiger charge is 2.15. The van der Waals surface area contributed by atoms with Gasteiger partial charge in [-0.25, -0.2) is 9.78 Å². The third kappa shape index (κ3) is 2.83. The lowest BCUT2D eigenvalue weighted by atomic mass is 10.1. The molecule has 8 heteroatoms. The summed E-state index contributed by atoms with van der Waals surface area (Å²) in [6.45, 7) is -0.439. The van der Waals surface area contributed by atoms with E-state index in [2.05, 4.69) is 4.98 Å². The molecule has 0 aliphatic carbocycles. The van der Waals surface area contributed by atoms with Gasteiger partial charge < -0.3 is 5.11 Å². The minimum absolute atomic E-state index is 0.316. The topological polar surface area (TPSA) is 77.1 Å². The van der Waals surface area contributed by atoms with Gasteiger partial charge in [-0.3, -0.25) is 13.9 Å². The lowest BCUT2D eigenvalue weighted by Gasteiger charge is -2.04. The lowest BCUT2D eigenvalue weighted by molar-refractivity contribution is -0.137. The molecule has 0 radical (unpaired) electrons. The fraction of sp³-hybridized carbons (Fsp3) is 0.133. The molecule has 1 aromatic carbocycles. The zero-order valence-corrected chi connectivity index (χ0v) is 13.5. The Kier molecular flexibility index (Phi) is 3.87. The summed E-state index contributed by atoms with van der Waals surface area (Å²) in [4.78, 5) is 27.3. The SMILES string of the molecule is Cn1c(=O)n(CC(=O)O)c2ncc(-c3cc(Cl)cc(Cl)c3)cc21. The summed E-state index contributed by atoms with van der Waals surface area (Å²) in [5.74, 6) is -1.10. The maximum atomic E-state index is 12.2. The second-order valence-electron chi connectivity index (χ2n) is 5.05. The molecule has 23 heavy (non-hydrogen) atoms. The molecule has 1 N–H and O–H groups in total. The van der Waals surface area contributed by atoms with Crippen LogP contribution in [0.2, 0.25) is 10.0 Å². The third-order valence-corrected chi connectivity index (χ3v) is 3.91. The Hall–Kier alpha value is -2.31. The van der Waals surface area contributed by atoms with Gasteiger partial charge in [0.15, 0.2) is 5.65 Å². The van der Waals surface area contributed by atoms with E-state index in [0.29, 0.717) is 21.2 Å². The van der Waals surface area contributed by atoms with Gasteiger partial charge in [0.25, 0.3) is 0 Å². The quantitative estimate of drug-likeness (QED) is 0.786. The number of hydrogen-bond acceptors (Lipinski definition) is 3. The van der Waals surface area contributed by atoms with Crippen molar-refractivity contribution in [2.45, 2.75) is 6.54 Å². The highest BCUT2D eigenvalue weighted by molar-refractivity contribution is 6.35. The van der Waals surface area contributed by atoms with Crippen molar-refractivity contribution in [1.29, 1.82) is 0 Å². The number of carboxylic acid groups (broad SMARTS) is 1. The van der Waals surface area contributed by atoms with E-state index in [1.54, 1.807) is 37.5 Å². The largest absolute Gasteiger partial charge is 0.480 e. The third-order valence-electron chi connectivity index (χ3n) is 3.47. The van der Waals surface area contributed by atoms with Crippen molar-refractivity contribution in [2.75, 3.05) is 0 Å². The molecule has 3 rings (SSSR count). The van der Waals surface area contributed by atoms with E-state index in [9.17, 15) is 9.59 Å². The van der Waals surface area contributed by atoms with E-state index in [-0.39, 0.29) is 0 Å². The van der Waals surface area contributed by atoms with Crippen molar-refractivity contribution in [3.63, 3.8) is 0 Å². The molecule has 0 fully saturated rings. The highest BCUT2D eigenvalue weighted by Crippen LogP contribution is 2.28. The van der Waals surface area contributed by atoms with E-state index in [4.69, 9.17) is 28.3 Å². The number of benzene rings is 1. The van der Waals surface area contributed by atoms with Crippen molar-refractivity contribution in [3.05, 3.63) is 51.0 Å². The Bertz CT molecular complexity index is 971. The molecule has 2 heterocycles. The maximum Gasteiger partial charge on any atom is 0.330 e. The number of halogens is 2. The molecule has 3 aromatic rings. The number of carboxylic acids is 1. The smallest absolute Gasteiger partial charge is 0.330 e. The number of carbonyl (C=O) groups is 1. The van der Waals surface area contributed by atoms with Crippen LogP contribution in [0.1, 0.15) is 0 Å². The molecule has 0 atom stereocenters. The van der Waals surface area contributed by atoms with Gasteiger partial charge in [0, 0.05) is 28.9 Å². The minimum atomic E-state index is -1.10. The summed E-state index contributed by atoms with van der Waals surface area (Å²) in [6.07, 6.45) is 1.56. The van der Waals surface area contributed by atoms with Gasteiger partial charge in [0.2, 0.25) is 0 Å². The van der Waals surface area contributed by atoms with E-state index in [0.717, 1.165) is 15.7 Å². The van der Waals surface area contributed by atoms with Crippen LogP contribution < -0.4 is 5.69 Å². The minimum Gasteiger partial charge on any atom is -0.480 e. The van der Waals surface area contributed by atoms with Gasteiger partial charge >= 0.3 is 11.7 Å². The van der Waals surface area contributed by atoms with Crippen molar-refractivity contribution in [1.82, 2.24) is 14.1 Å². The van der Waals surface area contributed by atoms with Crippen LogP contribution in [-0.2, 0) is 18.4 Å². The van der Waals surface area contributed by atoms with Gasteiger partial charge in [0.1, 0.15) is 6.54 Å². The Morgan fingerprint density at radius 1 is 1.17 bits per heavy atom. The number of nitrogens with zero attached hydrogens (tertiary/aromatic N) is 3. The summed E-state index contributed by atoms with van der Waals surface area (Å²) in [7, 11) is 1.57. The van der Waals surface area contributed by atoms with Crippen LogP contribution in [0.25, 0.3) is 22.3 Å². The van der Waals surface area contributed by atoms with Crippen LogP contribution in [0.4, 0.5) is 0 Å². The molecule has 0 amide bonds. The first-order valence-corrected chi connectivity index (χ1v) is 7.36. The summed E-state index contributed by atoms with van der Waals surface area (Å²) >= 11 is 12.0. The average molecular weight is 352 g/mol. The molecule has 6 nitrogen and oxygen atoms in total. The van der Waals surface area contributed by atoms with Crippen LogP contribution in [0.15, 0.2) is 35.3 Å². The average Bonchev–Trinajstić information content (AvgIpc) is 2.71. The predicted molar refractivity (Wildman–Crippen MR) is 88.1 cm³/mol. The molecular weight excluding hydrogens is 341 g/mol. The normalized spacial score (nSPS) is 11.1. The van der Waals surface area contributed by atoms with Crippen LogP contribution in [0, 0.1) is 0 Å². The van der Waals surface area contributed by atoms with Crippen molar-refractivity contribution < 1.29 is 9.90 Å². The van der Waals surface area contributed by atoms with E-state index >= 15 is 0 Å². The molecule has 0 spiro atoms. The number of fused-ring (bicyclic) bond motifs is 1. The second kappa shape index (κ2) is 5.72. The van der Waals surface area contributed by atoms with Crippen LogP contribution in [0.5, 0.6) is 0 Å². The molecular formula is C15H11Cl2N3O3. The summed E-state index contributed by atoms with van der Waals surface area (Å²) in [5, 5.41) is 9.91. The monoisotopic (exact) mass is 351 g/mol. The van der Waals surface area contributed by atoms with Gasteiger partial charge in [-0.2, -0.15) is 0 Å². The maximum absolute atomic E-state index is 12.2. The zero-order valence-electron chi connectivity index (χ0n) is 12.0. The summed E-state index contributed by atoms with van der Waals surface area (Å²) in [5.41, 5.74) is 1.90. The molecule has 0 saturated carbocycles.